The maximum atomic E-state index is 11.4. The van der Waals surface area contributed by atoms with Gasteiger partial charge in [0.05, 0.1) is 0 Å². The van der Waals surface area contributed by atoms with Crippen LogP contribution in [0.1, 0.15) is 53.4 Å². The van der Waals surface area contributed by atoms with E-state index in [9.17, 15) is 4.79 Å². The third-order valence-corrected chi connectivity index (χ3v) is 2.41. The largest absolute Gasteiger partial charge is 0.432 e. The van der Waals surface area contributed by atoms with Gasteiger partial charge in [0.25, 0.3) is 0 Å². The highest BCUT2D eigenvalue weighted by Gasteiger charge is 2.14. The van der Waals surface area contributed by atoms with E-state index >= 15 is 0 Å². The first-order chi connectivity index (χ1) is 7.97. The average Bonchev–Trinajstić information content (AvgIpc) is 2.23. The number of carbonyl (C=O) groups is 1. The number of esters is 1. The van der Waals surface area contributed by atoms with E-state index in [0.29, 0.717) is 12.2 Å². The molecular formula is C14H26O3. The Bertz CT molecular complexity index is 234. The third kappa shape index (κ3) is 8.93. The Morgan fingerprint density at radius 2 is 1.82 bits per heavy atom. The predicted octanol–water partition coefficient (Wildman–Crippen LogP) is 3.68. The van der Waals surface area contributed by atoms with Gasteiger partial charge in [-0.15, -0.1) is 0 Å². The Balaban J connectivity index is 3.89. The van der Waals surface area contributed by atoms with Gasteiger partial charge in [0, 0.05) is 18.6 Å². The van der Waals surface area contributed by atoms with Crippen molar-refractivity contribution in [1.29, 1.82) is 0 Å². The van der Waals surface area contributed by atoms with Gasteiger partial charge in [-0.1, -0.05) is 33.3 Å². The summed E-state index contributed by atoms with van der Waals surface area (Å²) in [5.74, 6) is 0.353. The van der Waals surface area contributed by atoms with Crippen LogP contribution in [0.3, 0.4) is 0 Å². The normalized spacial score (nSPS) is 12.5. The first-order valence-corrected chi connectivity index (χ1v) is 6.45. The highest BCUT2D eigenvalue weighted by atomic mass is 16.7. The summed E-state index contributed by atoms with van der Waals surface area (Å²) >= 11 is 0. The molecule has 0 aromatic rings. The van der Waals surface area contributed by atoms with Gasteiger partial charge < -0.3 is 9.47 Å². The maximum Gasteiger partial charge on any atom is 0.335 e. The Morgan fingerprint density at radius 1 is 1.24 bits per heavy atom. The van der Waals surface area contributed by atoms with Gasteiger partial charge in [0.1, 0.15) is 0 Å². The molecule has 0 fully saturated rings. The zero-order chi connectivity index (χ0) is 13.3. The minimum atomic E-state index is -0.420. The fourth-order valence-electron chi connectivity index (χ4n) is 1.45. The van der Waals surface area contributed by atoms with Crippen molar-refractivity contribution in [2.45, 2.75) is 59.7 Å². The fourth-order valence-corrected chi connectivity index (χ4v) is 1.45. The molecular weight excluding hydrogens is 216 g/mol. The third-order valence-electron chi connectivity index (χ3n) is 2.41. The monoisotopic (exact) mass is 242 g/mol. The van der Waals surface area contributed by atoms with E-state index in [1.807, 2.05) is 6.92 Å². The molecule has 0 amide bonds. The summed E-state index contributed by atoms with van der Waals surface area (Å²) in [7, 11) is 0. The number of carbonyl (C=O) groups excluding carboxylic acids is 1. The molecule has 0 saturated carbocycles. The zero-order valence-corrected chi connectivity index (χ0v) is 11.6. The van der Waals surface area contributed by atoms with Crippen LogP contribution in [0.5, 0.6) is 0 Å². The quantitative estimate of drug-likeness (QED) is 0.268. The lowest BCUT2D eigenvalue weighted by atomic mass is 10.1. The highest BCUT2D eigenvalue weighted by Crippen LogP contribution is 2.13. The van der Waals surface area contributed by atoms with Crippen LogP contribution in [0.25, 0.3) is 0 Å². The minimum Gasteiger partial charge on any atom is -0.432 e. The Morgan fingerprint density at radius 3 is 2.29 bits per heavy atom. The van der Waals surface area contributed by atoms with Gasteiger partial charge in [-0.3, -0.25) is 0 Å². The van der Waals surface area contributed by atoms with Crippen LogP contribution >= 0.6 is 0 Å². The summed E-state index contributed by atoms with van der Waals surface area (Å²) < 4.78 is 10.6. The van der Waals surface area contributed by atoms with Gasteiger partial charge in [-0.2, -0.15) is 0 Å². The Labute approximate surface area is 105 Å². The maximum absolute atomic E-state index is 11.4. The molecule has 17 heavy (non-hydrogen) atoms. The molecule has 1 atom stereocenters. The van der Waals surface area contributed by atoms with Gasteiger partial charge in [-0.25, -0.2) is 4.79 Å². The van der Waals surface area contributed by atoms with Crippen molar-refractivity contribution in [3.05, 3.63) is 12.2 Å². The summed E-state index contributed by atoms with van der Waals surface area (Å²) in [6.07, 6.45) is 3.71. The van der Waals surface area contributed by atoms with Crippen LogP contribution in [-0.2, 0) is 14.3 Å². The highest BCUT2D eigenvalue weighted by molar-refractivity contribution is 5.86. The number of rotatable bonds is 9. The first kappa shape index (κ1) is 16.2. The van der Waals surface area contributed by atoms with E-state index in [4.69, 9.17) is 9.47 Å². The standard InChI is InChI=1S/C14H26O3/c1-6-16-13(17-14(15)12(4)5)10-8-7-9-11(2)3/h11,13H,4,6-10H2,1-3,5H3. The molecule has 0 bridgehead atoms. The van der Waals surface area contributed by atoms with Crippen molar-refractivity contribution in [1.82, 2.24) is 0 Å². The van der Waals surface area contributed by atoms with Crippen molar-refractivity contribution in [2.75, 3.05) is 6.61 Å². The summed E-state index contributed by atoms with van der Waals surface area (Å²) in [6, 6.07) is 0. The molecule has 0 aliphatic carbocycles. The van der Waals surface area contributed by atoms with Crippen LogP contribution < -0.4 is 0 Å². The van der Waals surface area contributed by atoms with Crippen molar-refractivity contribution >= 4 is 5.97 Å². The molecule has 0 heterocycles. The van der Waals surface area contributed by atoms with E-state index in [1.54, 1.807) is 6.92 Å². The fraction of sp³-hybridized carbons (Fsp3) is 0.786. The van der Waals surface area contributed by atoms with Crippen molar-refractivity contribution in [2.24, 2.45) is 5.92 Å². The summed E-state index contributed by atoms with van der Waals surface area (Å²) in [5, 5.41) is 0. The second-order valence-corrected chi connectivity index (χ2v) is 4.75. The summed E-state index contributed by atoms with van der Waals surface area (Å²) in [5.41, 5.74) is 0.414. The van der Waals surface area contributed by atoms with Crippen LogP contribution in [-0.4, -0.2) is 18.9 Å². The van der Waals surface area contributed by atoms with Crippen molar-refractivity contribution in [3.63, 3.8) is 0 Å². The first-order valence-electron chi connectivity index (χ1n) is 6.45. The molecule has 0 aliphatic heterocycles. The van der Waals surface area contributed by atoms with Gasteiger partial charge in [0.2, 0.25) is 6.29 Å². The Hall–Kier alpha value is -0.830. The molecule has 0 aromatic carbocycles. The topological polar surface area (TPSA) is 35.5 Å². The number of hydrogen-bond donors (Lipinski definition) is 0. The van der Waals surface area contributed by atoms with E-state index < -0.39 is 6.29 Å². The number of hydrogen-bond acceptors (Lipinski definition) is 3. The summed E-state index contributed by atoms with van der Waals surface area (Å²) in [6.45, 7) is 12.1. The van der Waals surface area contributed by atoms with E-state index in [1.165, 1.54) is 6.42 Å². The van der Waals surface area contributed by atoms with E-state index in [0.717, 1.165) is 25.2 Å². The molecule has 1 unspecified atom stereocenters. The lowest BCUT2D eigenvalue weighted by Gasteiger charge is -2.17. The molecule has 0 radical (unpaired) electrons. The smallest absolute Gasteiger partial charge is 0.335 e. The minimum absolute atomic E-state index is 0.368. The molecule has 0 saturated heterocycles. The Kier molecular flexibility index (Phi) is 8.78. The van der Waals surface area contributed by atoms with Gasteiger partial charge in [-0.05, 0) is 26.2 Å². The molecule has 0 aromatic heterocycles. The van der Waals surface area contributed by atoms with Crippen LogP contribution in [0.4, 0.5) is 0 Å². The molecule has 0 aliphatic rings. The molecule has 0 spiro atoms. The van der Waals surface area contributed by atoms with Crippen LogP contribution in [0, 0.1) is 5.92 Å². The van der Waals surface area contributed by atoms with E-state index in [-0.39, 0.29) is 5.97 Å². The lowest BCUT2D eigenvalue weighted by Crippen LogP contribution is -2.21. The van der Waals surface area contributed by atoms with E-state index in [2.05, 4.69) is 20.4 Å². The number of ether oxygens (including phenoxy) is 2. The molecule has 100 valence electrons. The molecule has 0 rings (SSSR count). The number of unbranched alkanes of at least 4 members (excludes halogenated alkanes) is 1. The summed E-state index contributed by atoms with van der Waals surface area (Å²) in [4.78, 5) is 11.4. The SMILES string of the molecule is C=C(C)C(=O)OC(CCCCC(C)C)OCC. The lowest BCUT2D eigenvalue weighted by molar-refractivity contribution is -0.174. The van der Waals surface area contributed by atoms with Gasteiger partial charge >= 0.3 is 5.97 Å². The predicted molar refractivity (Wildman–Crippen MR) is 69.6 cm³/mol. The zero-order valence-electron chi connectivity index (χ0n) is 11.6. The molecule has 0 N–H and O–H groups in total. The van der Waals surface area contributed by atoms with Crippen molar-refractivity contribution < 1.29 is 14.3 Å². The second kappa shape index (κ2) is 9.23. The second-order valence-electron chi connectivity index (χ2n) is 4.75. The molecule has 3 heteroatoms. The molecule has 3 nitrogen and oxygen atoms in total. The van der Waals surface area contributed by atoms with Gasteiger partial charge in [0.15, 0.2) is 0 Å². The van der Waals surface area contributed by atoms with Crippen LogP contribution in [0.15, 0.2) is 12.2 Å². The van der Waals surface area contributed by atoms with Crippen molar-refractivity contribution in [3.8, 4) is 0 Å². The van der Waals surface area contributed by atoms with Crippen LogP contribution in [0.2, 0.25) is 0 Å². The average molecular weight is 242 g/mol.